The molecule has 0 aliphatic rings. The maximum Gasteiger partial charge on any atom is 0.0226 e. The first-order valence-corrected chi connectivity index (χ1v) is 6.31. The fourth-order valence-electron chi connectivity index (χ4n) is 1.21. The third-order valence-corrected chi connectivity index (χ3v) is 2.35. The molecule has 0 rings (SSSR count). The lowest BCUT2D eigenvalue weighted by molar-refractivity contribution is 0.728. The van der Waals surface area contributed by atoms with Gasteiger partial charge in [0.25, 0.3) is 0 Å². The Kier molecular flexibility index (Phi) is 12.6. The Morgan fingerprint density at radius 2 is 1.50 bits per heavy atom. The van der Waals surface area contributed by atoms with Crippen LogP contribution in [0.3, 0.4) is 0 Å². The van der Waals surface area contributed by atoms with Gasteiger partial charge in [0, 0.05) is 5.88 Å². The van der Waals surface area contributed by atoms with Crippen molar-refractivity contribution in [1.29, 1.82) is 0 Å². The summed E-state index contributed by atoms with van der Waals surface area (Å²) in [6.45, 7) is 2.24. The number of halogens is 1. The zero-order valence-electron chi connectivity index (χ0n) is 9.34. The van der Waals surface area contributed by atoms with Gasteiger partial charge in [-0.25, -0.2) is 0 Å². The van der Waals surface area contributed by atoms with Crippen LogP contribution in [0.15, 0.2) is 24.3 Å². The fourth-order valence-corrected chi connectivity index (χ4v) is 1.37. The Labute approximate surface area is 94.0 Å². The number of allylic oxidation sites excluding steroid dienone is 4. The lowest BCUT2D eigenvalue weighted by Gasteiger charge is -1.90. The molecule has 0 fully saturated rings. The lowest BCUT2D eigenvalue weighted by Crippen LogP contribution is -1.71. The second-order valence-electron chi connectivity index (χ2n) is 3.51. The molecule has 0 aliphatic heterocycles. The SMILES string of the molecule is CCCCC/C=C\C/C=C/CCCCl. The minimum Gasteiger partial charge on any atom is -0.127 e. The van der Waals surface area contributed by atoms with Crippen LogP contribution in [0.4, 0.5) is 0 Å². The number of hydrogen-bond acceptors (Lipinski definition) is 0. The summed E-state index contributed by atoms with van der Waals surface area (Å²) in [4.78, 5) is 0. The van der Waals surface area contributed by atoms with Gasteiger partial charge in [0.1, 0.15) is 0 Å². The molecule has 0 atom stereocenters. The van der Waals surface area contributed by atoms with Crippen molar-refractivity contribution in [2.75, 3.05) is 5.88 Å². The summed E-state index contributed by atoms with van der Waals surface area (Å²) in [6, 6.07) is 0. The van der Waals surface area contributed by atoms with Crippen LogP contribution >= 0.6 is 11.6 Å². The van der Waals surface area contributed by atoms with Crippen LogP contribution in [0, 0.1) is 0 Å². The Bertz CT molecular complexity index is 147. The van der Waals surface area contributed by atoms with Crippen molar-refractivity contribution in [3.05, 3.63) is 24.3 Å². The molecule has 0 radical (unpaired) electrons. The number of hydrogen-bond donors (Lipinski definition) is 0. The van der Waals surface area contributed by atoms with Gasteiger partial charge in [-0.05, 0) is 32.1 Å². The van der Waals surface area contributed by atoms with E-state index in [2.05, 4.69) is 31.2 Å². The maximum atomic E-state index is 5.56. The Hall–Kier alpha value is -0.230. The Morgan fingerprint density at radius 1 is 0.857 bits per heavy atom. The van der Waals surface area contributed by atoms with Crippen LogP contribution in [0.2, 0.25) is 0 Å². The second kappa shape index (κ2) is 12.8. The van der Waals surface area contributed by atoms with Crippen molar-refractivity contribution in [3.8, 4) is 0 Å². The third-order valence-electron chi connectivity index (χ3n) is 2.08. The largest absolute Gasteiger partial charge is 0.127 e. The molecule has 0 N–H and O–H groups in total. The van der Waals surface area contributed by atoms with Gasteiger partial charge >= 0.3 is 0 Å². The highest BCUT2D eigenvalue weighted by Crippen LogP contribution is 2.01. The zero-order chi connectivity index (χ0) is 10.5. The predicted octanol–water partition coefficient (Wildman–Crippen LogP) is 5.09. The van der Waals surface area contributed by atoms with Crippen molar-refractivity contribution < 1.29 is 0 Å². The van der Waals surface area contributed by atoms with Gasteiger partial charge in [-0.2, -0.15) is 0 Å². The average Bonchev–Trinajstić information content (AvgIpc) is 2.21. The number of rotatable bonds is 9. The first-order valence-electron chi connectivity index (χ1n) is 5.77. The molecule has 14 heavy (non-hydrogen) atoms. The fraction of sp³-hybridized carbons (Fsp3) is 0.692. The summed E-state index contributed by atoms with van der Waals surface area (Å²) in [5.41, 5.74) is 0. The van der Waals surface area contributed by atoms with Crippen LogP contribution in [0.25, 0.3) is 0 Å². The van der Waals surface area contributed by atoms with E-state index in [0.717, 1.165) is 25.1 Å². The van der Waals surface area contributed by atoms with Gasteiger partial charge in [-0.3, -0.25) is 0 Å². The third kappa shape index (κ3) is 11.8. The summed E-state index contributed by atoms with van der Waals surface area (Å²) in [7, 11) is 0. The van der Waals surface area contributed by atoms with Gasteiger partial charge in [-0.15, -0.1) is 11.6 Å². The zero-order valence-corrected chi connectivity index (χ0v) is 10.1. The van der Waals surface area contributed by atoms with Gasteiger partial charge in [0.05, 0.1) is 0 Å². The van der Waals surface area contributed by atoms with Crippen molar-refractivity contribution >= 4 is 11.6 Å². The molecule has 0 aromatic rings. The smallest absolute Gasteiger partial charge is 0.0226 e. The minimum absolute atomic E-state index is 0.775. The quantitative estimate of drug-likeness (QED) is 0.285. The predicted molar refractivity (Wildman–Crippen MR) is 67.0 cm³/mol. The Morgan fingerprint density at radius 3 is 2.07 bits per heavy atom. The molecule has 0 unspecified atom stereocenters. The highest BCUT2D eigenvalue weighted by atomic mass is 35.5. The highest BCUT2D eigenvalue weighted by Gasteiger charge is 1.81. The molecule has 0 nitrogen and oxygen atoms in total. The molecule has 0 aliphatic carbocycles. The van der Waals surface area contributed by atoms with E-state index in [4.69, 9.17) is 11.6 Å². The monoisotopic (exact) mass is 214 g/mol. The molecule has 0 bridgehead atoms. The summed E-state index contributed by atoms with van der Waals surface area (Å²) < 4.78 is 0. The van der Waals surface area contributed by atoms with Crippen LogP contribution < -0.4 is 0 Å². The molecule has 0 spiro atoms. The van der Waals surface area contributed by atoms with E-state index in [-0.39, 0.29) is 0 Å². The van der Waals surface area contributed by atoms with Gasteiger partial charge in [0.2, 0.25) is 0 Å². The van der Waals surface area contributed by atoms with E-state index < -0.39 is 0 Å². The Balaban J connectivity index is 3.13. The van der Waals surface area contributed by atoms with Crippen LogP contribution in [0.5, 0.6) is 0 Å². The first-order chi connectivity index (χ1) is 6.91. The van der Waals surface area contributed by atoms with E-state index in [1.165, 1.54) is 25.7 Å². The average molecular weight is 215 g/mol. The van der Waals surface area contributed by atoms with Crippen molar-refractivity contribution in [2.45, 2.75) is 51.9 Å². The van der Waals surface area contributed by atoms with Crippen molar-refractivity contribution in [1.82, 2.24) is 0 Å². The molecular formula is C13H23Cl. The number of alkyl halides is 1. The normalized spacial score (nSPS) is 11.9. The van der Waals surface area contributed by atoms with Crippen molar-refractivity contribution in [2.24, 2.45) is 0 Å². The van der Waals surface area contributed by atoms with E-state index in [1.807, 2.05) is 0 Å². The molecule has 82 valence electrons. The van der Waals surface area contributed by atoms with Crippen LogP contribution in [-0.2, 0) is 0 Å². The number of unbranched alkanes of at least 4 members (excludes halogenated alkanes) is 4. The molecule has 1 heteroatoms. The topological polar surface area (TPSA) is 0 Å². The summed E-state index contributed by atoms with van der Waals surface area (Å²) in [5.74, 6) is 0.775. The molecule has 0 aromatic heterocycles. The molecule has 0 heterocycles. The van der Waals surface area contributed by atoms with Crippen LogP contribution in [0.1, 0.15) is 51.9 Å². The van der Waals surface area contributed by atoms with E-state index in [0.29, 0.717) is 0 Å². The highest BCUT2D eigenvalue weighted by molar-refractivity contribution is 6.17. The standard InChI is InChI=1S/C13H23Cl/c1-2-3-4-5-6-7-8-9-10-11-12-13-14/h6-7,9-10H,2-5,8,11-13H2,1H3/b7-6-,10-9+. The minimum atomic E-state index is 0.775. The summed E-state index contributed by atoms with van der Waals surface area (Å²) >= 11 is 5.56. The molecule has 0 amide bonds. The lowest BCUT2D eigenvalue weighted by atomic mass is 10.2. The molecule has 0 saturated carbocycles. The molecule has 0 saturated heterocycles. The van der Waals surface area contributed by atoms with E-state index in [9.17, 15) is 0 Å². The summed E-state index contributed by atoms with van der Waals surface area (Å²) in [5, 5.41) is 0. The van der Waals surface area contributed by atoms with Crippen molar-refractivity contribution in [3.63, 3.8) is 0 Å². The van der Waals surface area contributed by atoms with Gasteiger partial charge in [0.15, 0.2) is 0 Å². The van der Waals surface area contributed by atoms with Gasteiger partial charge in [-0.1, -0.05) is 44.1 Å². The maximum absolute atomic E-state index is 5.56. The van der Waals surface area contributed by atoms with E-state index >= 15 is 0 Å². The molecular weight excluding hydrogens is 192 g/mol. The van der Waals surface area contributed by atoms with Gasteiger partial charge < -0.3 is 0 Å². The summed E-state index contributed by atoms with van der Waals surface area (Å²) in [6.07, 6.45) is 17.5. The molecule has 0 aromatic carbocycles. The van der Waals surface area contributed by atoms with Crippen LogP contribution in [-0.4, -0.2) is 5.88 Å². The second-order valence-corrected chi connectivity index (χ2v) is 3.88. The van der Waals surface area contributed by atoms with E-state index in [1.54, 1.807) is 0 Å². The first kappa shape index (κ1) is 13.8.